The van der Waals surface area contributed by atoms with Gasteiger partial charge in [-0.1, -0.05) is 6.07 Å². The van der Waals surface area contributed by atoms with Crippen LogP contribution in [0.15, 0.2) is 83.0 Å². The second-order valence-electron chi connectivity index (χ2n) is 6.62. The van der Waals surface area contributed by atoms with Gasteiger partial charge in [-0.05, 0) is 91.7 Å². The third-order valence-corrected chi connectivity index (χ3v) is 4.37. The average molecular weight is 402 g/mol. The van der Waals surface area contributed by atoms with E-state index in [9.17, 15) is 15.0 Å². The first-order valence-corrected chi connectivity index (χ1v) is 9.26. The van der Waals surface area contributed by atoms with Gasteiger partial charge < -0.3 is 10.2 Å². The van der Waals surface area contributed by atoms with Crippen LogP contribution in [0.4, 0.5) is 5.69 Å². The Morgan fingerprint density at radius 3 is 1.83 bits per heavy atom. The molecular formula is C23H22N4O3. The number of anilines is 1. The molecule has 0 atom stereocenters. The highest BCUT2D eigenvalue weighted by Crippen LogP contribution is 2.14. The van der Waals surface area contributed by atoms with Crippen molar-refractivity contribution in [3.05, 3.63) is 89.5 Å². The summed E-state index contributed by atoms with van der Waals surface area (Å²) in [5, 5.41) is 27.2. The summed E-state index contributed by atoms with van der Waals surface area (Å²) in [5.74, 6) is 0.0146. The topological polar surface area (TPSA) is 106 Å². The molecule has 152 valence electrons. The van der Waals surface area contributed by atoms with Crippen LogP contribution in [0.3, 0.4) is 0 Å². The number of carbonyl (C=O) groups excluding carboxylic acids is 1. The van der Waals surface area contributed by atoms with Gasteiger partial charge in [-0.2, -0.15) is 10.2 Å². The van der Waals surface area contributed by atoms with Gasteiger partial charge in [-0.15, -0.1) is 0 Å². The van der Waals surface area contributed by atoms with Crippen molar-refractivity contribution in [1.29, 1.82) is 0 Å². The first kappa shape index (κ1) is 20.6. The highest BCUT2D eigenvalue weighted by Gasteiger charge is 2.06. The number of aromatic hydroxyl groups is 2. The van der Waals surface area contributed by atoms with E-state index in [0.29, 0.717) is 17.0 Å². The number of hydrogen-bond acceptors (Lipinski definition) is 6. The zero-order valence-electron chi connectivity index (χ0n) is 16.6. The van der Waals surface area contributed by atoms with E-state index < -0.39 is 0 Å². The Kier molecular flexibility index (Phi) is 6.44. The van der Waals surface area contributed by atoms with Crippen LogP contribution >= 0.6 is 0 Å². The number of phenolic OH excluding ortho intramolecular Hbond substituents is 2. The lowest BCUT2D eigenvalue weighted by molar-refractivity contribution is 0.0955. The van der Waals surface area contributed by atoms with E-state index in [1.807, 2.05) is 6.92 Å². The van der Waals surface area contributed by atoms with Crippen molar-refractivity contribution in [3.8, 4) is 11.5 Å². The minimum absolute atomic E-state index is 0.170. The molecule has 0 spiro atoms. The lowest BCUT2D eigenvalue weighted by Gasteiger charge is -2.07. The van der Waals surface area contributed by atoms with Gasteiger partial charge in [-0.25, -0.2) is 5.43 Å². The van der Waals surface area contributed by atoms with Gasteiger partial charge >= 0.3 is 0 Å². The van der Waals surface area contributed by atoms with Gasteiger partial charge in [0.25, 0.3) is 5.91 Å². The number of carbonyl (C=O) groups is 1. The number of hydrazone groups is 2. The molecule has 0 aliphatic carbocycles. The molecule has 1 amide bonds. The fraction of sp³-hybridized carbons (Fsp3) is 0.0870. The largest absolute Gasteiger partial charge is 0.508 e. The summed E-state index contributed by atoms with van der Waals surface area (Å²) in [5.41, 5.74) is 9.57. The molecule has 30 heavy (non-hydrogen) atoms. The lowest BCUT2D eigenvalue weighted by atomic mass is 10.1. The second-order valence-corrected chi connectivity index (χ2v) is 6.62. The minimum Gasteiger partial charge on any atom is -0.508 e. The monoisotopic (exact) mass is 402 g/mol. The first-order valence-electron chi connectivity index (χ1n) is 9.26. The molecule has 0 aliphatic rings. The van der Waals surface area contributed by atoms with Crippen LogP contribution < -0.4 is 10.9 Å². The average Bonchev–Trinajstić information content (AvgIpc) is 2.76. The predicted octanol–water partition coefficient (Wildman–Crippen LogP) is 4.09. The van der Waals surface area contributed by atoms with E-state index in [-0.39, 0.29) is 17.4 Å². The summed E-state index contributed by atoms with van der Waals surface area (Å²) in [6.07, 6.45) is 0. The maximum Gasteiger partial charge on any atom is 0.271 e. The summed E-state index contributed by atoms with van der Waals surface area (Å²) in [7, 11) is 0. The quantitative estimate of drug-likeness (QED) is 0.368. The Labute approximate surface area is 174 Å². The second kappa shape index (κ2) is 9.38. The highest BCUT2D eigenvalue weighted by atomic mass is 16.3. The lowest BCUT2D eigenvalue weighted by Crippen LogP contribution is -2.19. The summed E-state index contributed by atoms with van der Waals surface area (Å²) >= 11 is 0. The van der Waals surface area contributed by atoms with Crippen LogP contribution in [0.1, 0.15) is 35.3 Å². The summed E-state index contributed by atoms with van der Waals surface area (Å²) in [6, 6.07) is 20.2. The first-order chi connectivity index (χ1) is 14.4. The molecule has 3 aromatic rings. The Hall–Kier alpha value is -4.13. The maximum atomic E-state index is 12.4. The van der Waals surface area contributed by atoms with Crippen molar-refractivity contribution in [2.75, 3.05) is 5.43 Å². The molecule has 3 rings (SSSR count). The molecule has 0 unspecified atom stereocenters. The zero-order valence-corrected chi connectivity index (χ0v) is 16.6. The molecule has 0 bridgehead atoms. The van der Waals surface area contributed by atoms with Gasteiger partial charge in [0.2, 0.25) is 0 Å². The van der Waals surface area contributed by atoms with E-state index in [0.717, 1.165) is 16.8 Å². The smallest absolute Gasteiger partial charge is 0.271 e. The Morgan fingerprint density at radius 2 is 1.27 bits per heavy atom. The van der Waals surface area contributed by atoms with E-state index in [1.54, 1.807) is 79.7 Å². The van der Waals surface area contributed by atoms with E-state index in [2.05, 4.69) is 21.1 Å². The molecule has 0 aromatic heterocycles. The van der Waals surface area contributed by atoms with Gasteiger partial charge in [0.1, 0.15) is 11.5 Å². The van der Waals surface area contributed by atoms with E-state index in [4.69, 9.17) is 0 Å². The number of phenols is 2. The predicted molar refractivity (Wildman–Crippen MR) is 118 cm³/mol. The van der Waals surface area contributed by atoms with Crippen LogP contribution in [0.2, 0.25) is 0 Å². The Bertz CT molecular complexity index is 1090. The van der Waals surface area contributed by atoms with Gasteiger partial charge in [-0.3, -0.25) is 10.2 Å². The van der Waals surface area contributed by atoms with Crippen LogP contribution in [-0.2, 0) is 0 Å². The van der Waals surface area contributed by atoms with Crippen molar-refractivity contribution >= 4 is 23.0 Å². The fourth-order valence-electron chi connectivity index (χ4n) is 2.61. The van der Waals surface area contributed by atoms with Crippen LogP contribution in [-0.4, -0.2) is 27.5 Å². The van der Waals surface area contributed by atoms with E-state index >= 15 is 0 Å². The summed E-state index contributed by atoms with van der Waals surface area (Å²) in [6.45, 7) is 3.61. The number of nitrogens with zero attached hydrogens (tertiary/aromatic N) is 2. The van der Waals surface area contributed by atoms with Crippen LogP contribution in [0.25, 0.3) is 0 Å². The Morgan fingerprint density at radius 1 is 0.733 bits per heavy atom. The van der Waals surface area contributed by atoms with Crippen molar-refractivity contribution in [2.45, 2.75) is 13.8 Å². The number of rotatable bonds is 6. The van der Waals surface area contributed by atoms with Crippen molar-refractivity contribution in [1.82, 2.24) is 5.43 Å². The molecule has 7 nitrogen and oxygen atoms in total. The van der Waals surface area contributed by atoms with Gasteiger partial charge in [0.05, 0.1) is 17.1 Å². The number of amides is 1. The van der Waals surface area contributed by atoms with Crippen molar-refractivity contribution in [3.63, 3.8) is 0 Å². The molecule has 0 aliphatic heterocycles. The molecule has 4 N–H and O–H groups in total. The normalized spacial score (nSPS) is 11.8. The third kappa shape index (κ3) is 5.45. The van der Waals surface area contributed by atoms with Crippen molar-refractivity contribution in [2.24, 2.45) is 10.2 Å². The highest BCUT2D eigenvalue weighted by molar-refractivity contribution is 6.01. The van der Waals surface area contributed by atoms with Gasteiger partial charge in [0.15, 0.2) is 0 Å². The van der Waals surface area contributed by atoms with Gasteiger partial charge in [0, 0.05) is 5.56 Å². The molecule has 0 fully saturated rings. The number of hydrogen-bond donors (Lipinski definition) is 4. The summed E-state index contributed by atoms with van der Waals surface area (Å²) in [4.78, 5) is 12.4. The SMILES string of the molecule is CC(=NNC(=O)c1cccc(NN=C(C)c2ccc(O)cc2)c1)c1ccc(O)cc1. The summed E-state index contributed by atoms with van der Waals surface area (Å²) < 4.78 is 0. The molecule has 7 heteroatoms. The Balaban J connectivity index is 1.66. The zero-order chi connectivity index (χ0) is 21.5. The minimum atomic E-state index is -0.351. The molecule has 0 radical (unpaired) electrons. The van der Waals surface area contributed by atoms with Crippen LogP contribution in [0, 0.1) is 0 Å². The standard InChI is InChI=1S/C23H22N4O3/c1-15(17-6-10-21(28)11-7-17)24-26-20-5-3-4-19(14-20)23(30)27-25-16(2)18-8-12-22(29)13-9-18/h3-14,26,28-29H,1-2H3,(H,27,30). The molecular weight excluding hydrogens is 380 g/mol. The van der Waals surface area contributed by atoms with Crippen LogP contribution in [0.5, 0.6) is 11.5 Å². The molecule has 0 heterocycles. The fourth-order valence-corrected chi connectivity index (χ4v) is 2.61. The van der Waals surface area contributed by atoms with E-state index in [1.165, 1.54) is 0 Å². The molecule has 0 saturated heterocycles. The number of nitrogens with one attached hydrogen (secondary N) is 2. The molecule has 3 aromatic carbocycles. The number of benzene rings is 3. The third-order valence-electron chi connectivity index (χ3n) is 4.37. The molecule has 0 saturated carbocycles. The maximum absolute atomic E-state index is 12.4. The van der Waals surface area contributed by atoms with Crippen molar-refractivity contribution < 1.29 is 15.0 Å².